The zero-order chi connectivity index (χ0) is 14.5. The van der Waals surface area contributed by atoms with Crippen molar-refractivity contribution in [3.8, 4) is 0 Å². The monoisotopic (exact) mass is 421 g/mol. The maximum absolute atomic E-state index is 12.8. The van der Waals surface area contributed by atoms with Crippen LogP contribution in [0.4, 0.5) is 0 Å². The number of halogens is 3. The second-order valence-electron chi connectivity index (χ2n) is 5.10. The maximum atomic E-state index is 12.8. The molecule has 0 bridgehead atoms. The number of benzene rings is 1. The van der Waals surface area contributed by atoms with E-state index in [9.17, 15) is 4.79 Å². The van der Waals surface area contributed by atoms with Crippen LogP contribution in [-0.2, 0) is 0 Å². The summed E-state index contributed by atoms with van der Waals surface area (Å²) in [5.41, 5.74) is 0.599. The molecule has 20 heavy (non-hydrogen) atoms. The van der Waals surface area contributed by atoms with Crippen molar-refractivity contribution in [3.05, 3.63) is 33.3 Å². The fourth-order valence-corrected chi connectivity index (χ4v) is 3.89. The fraction of sp³-hybridized carbons (Fsp3) is 0.533. The van der Waals surface area contributed by atoms with Gasteiger partial charge < -0.3 is 4.90 Å². The average molecular weight is 424 g/mol. The van der Waals surface area contributed by atoms with Crippen molar-refractivity contribution in [1.29, 1.82) is 0 Å². The van der Waals surface area contributed by atoms with Gasteiger partial charge in [-0.15, -0.1) is 0 Å². The SMILES string of the molecule is O=C(c1ccc(Br)cc1Cl)N(CCBr)C1CCCCC1. The number of rotatable bonds is 4. The number of hydrogen-bond donors (Lipinski definition) is 0. The predicted octanol–water partition coefficient (Wildman–Crippen LogP) is 5.27. The van der Waals surface area contributed by atoms with Crippen LogP contribution in [0, 0.1) is 0 Å². The third kappa shape index (κ3) is 3.99. The summed E-state index contributed by atoms with van der Waals surface area (Å²) in [7, 11) is 0. The van der Waals surface area contributed by atoms with Gasteiger partial charge in [-0.2, -0.15) is 0 Å². The van der Waals surface area contributed by atoms with Gasteiger partial charge in [-0.3, -0.25) is 4.79 Å². The van der Waals surface area contributed by atoms with E-state index in [-0.39, 0.29) is 5.91 Å². The highest BCUT2D eigenvalue weighted by Gasteiger charge is 2.26. The Balaban J connectivity index is 2.21. The van der Waals surface area contributed by atoms with Crippen LogP contribution in [0.1, 0.15) is 42.5 Å². The summed E-state index contributed by atoms with van der Waals surface area (Å²) < 4.78 is 0.892. The summed E-state index contributed by atoms with van der Waals surface area (Å²) in [5.74, 6) is 0.0499. The molecule has 1 saturated carbocycles. The van der Waals surface area contributed by atoms with Crippen LogP contribution in [0.3, 0.4) is 0 Å². The summed E-state index contributed by atoms with van der Waals surface area (Å²) in [6.07, 6.45) is 5.92. The highest BCUT2D eigenvalue weighted by molar-refractivity contribution is 9.10. The molecule has 110 valence electrons. The van der Waals surface area contributed by atoms with E-state index in [0.717, 1.165) is 29.2 Å². The lowest BCUT2D eigenvalue weighted by Crippen LogP contribution is -2.42. The lowest BCUT2D eigenvalue weighted by atomic mass is 9.93. The van der Waals surface area contributed by atoms with Crippen molar-refractivity contribution < 1.29 is 4.79 Å². The lowest BCUT2D eigenvalue weighted by Gasteiger charge is -2.34. The third-order valence-electron chi connectivity index (χ3n) is 3.76. The van der Waals surface area contributed by atoms with Crippen LogP contribution in [0.15, 0.2) is 22.7 Å². The van der Waals surface area contributed by atoms with Crippen molar-refractivity contribution in [2.24, 2.45) is 0 Å². The highest BCUT2D eigenvalue weighted by Crippen LogP contribution is 2.27. The molecule has 0 aliphatic heterocycles. The molecule has 0 radical (unpaired) electrons. The molecule has 1 aliphatic rings. The average Bonchev–Trinajstić information content (AvgIpc) is 2.45. The number of alkyl halides is 1. The van der Waals surface area contributed by atoms with Gasteiger partial charge in [0.2, 0.25) is 0 Å². The Kier molecular flexibility index (Phi) is 6.37. The van der Waals surface area contributed by atoms with Crippen molar-refractivity contribution in [1.82, 2.24) is 4.90 Å². The number of nitrogens with zero attached hydrogens (tertiary/aromatic N) is 1. The molecule has 0 aromatic heterocycles. The molecule has 1 aromatic rings. The fourth-order valence-electron chi connectivity index (χ4n) is 2.75. The molecule has 1 aromatic carbocycles. The maximum Gasteiger partial charge on any atom is 0.255 e. The van der Waals surface area contributed by atoms with E-state index < -0.39 is 0 Å². The van der Waals surface area contributed by atoms with E-state index in [0.29, 0.717) is 16.6 Å². The van der Waals surface area contributed by atoms with E-state index in [1.54, 1.807) is 12.1 Å². The van der Waals surface area contributed by atoms with E-state index in [4.69, 9.17) is 11.6 Å². The highest BCUT2D eigenvalue weighted by atomic mass is 79.9. The summed E-state index contributed by atoms with van der Waals surface area (Å²) in [5, 5.41) is 1.31. The quantitative estimate of drug-likeness (QED) is 0.604. The molecule has 5 heteroatoms. The molecule has 0 N–H and O–H groups in total. The van der Waals surface area contributed by atoms with Crippen LogP contribution < -0.4 is 0 Å². The Hall–Kier alpha value is -0.0600. The van der Waals surface area contributed by atoms with Crippen molar-refractivity contribution in [2.45, 2.75) is 38.1 Å². The molecule has 1 amide bonds. The molecular weight excluding hydrogens is 405 g/mol. The van der Waals surface area contributed by atoms with Gasteiger partial charge in [-0.25, -0.2) is 0 Å². The number of amides is 1. The molecule has 1 fully saturated rings. The van der Waals surface area contributed by atoms with Gasteiger partial charge in [0.15, 0.2) is 0 Å². The number of carbonyl (C=O) groups excluding carboxylic acids is 1. The normalized spacial score (nSPS) is 16.1. The minimum atomic E-state index is 0.0499. The van der Waals surface area contributed by atoms with E-state index in [1.807, 2.05) is 11.0 Å². The smallest absolute Gasteiger partial charge is 0.255 e. The Morgan fingerprint density at radius 1 is 1.30 bits per heavy atom. The minimum absolute atomic E-state index is 0.0499. The second-order valence-corrected chi connectivity index (χ2v) is 7.22. The van der Waals surface area contributed by atoms with Gasteiger partial charge in [0.05, 0.1) is 10.6 Å². The van der Waals surface area contributed by atoms with Gasteiger partial charge >= 0.3 is 0 Å². The first-order valence-corrected chi connectivity index (χ1v) is 9.24. The van der Waals surface area contributed by atoms with Crippen molar-refractivity contribution in [2.75, 3.05) is 11.9 Å². The van der Waals surface area contributed by atoms with Crippen molar-refractivity contribution >= 4 is 49.4 Å². The molecule has 0 unspecified atom stereocenters. The van der Waals surface area contributed by atoms with Gasteiger partial charge in [-0.05, 0) is 31.0 Å². The van der Waals surface area contributed by atoms with Gasteiger partial charge in [-0.1, -0.05) is 62.7 Å². The summed E-state index contributed by atoms with van der Waals surface area (Å²) >= 11 is 13.0. The van der Waals surface area contributed by atoms with Gasteiger partial charge in [0, 0.05) is 22.4 Å². The molecule has 0 saturated heterocycles. The van der Waals surface area contributed by atoms with Gasteiger partial charge in [0.1, 0.15) is 0 Å². The zero-order valence-electron chi connectivity index (χ0n) is 11.2. The first kappa shape index (κ1) is 16.3. The van der Waals surface area contributed by atoms with Crippen LogP contribution >= 0.6 is 43.5 Å². The van der Waals surface area contributed by atoms with Crippen LogP contribution in [-0.4, -0.2) is 28.7 Å². The van der Waals surface area contributed by atoms with E-state index >= 15 is 0 Å². The molecule has 2 nitrogen and oxygen atoms in total. The Morgan fingerprint density at radius 3 is 2.60 bits per heavy atom. The predicted molar refractivity (Wildman–Crippen MR) is 90.9 cm³/mol. The number of hydrogen-bond acceptors (Lipinski definition) is 1. The second kappa shape index (κ2) is 7.81. The largest absolute Gasteiger partial charge is 0.335 e. The van der Waals surface area contributed by atoms with E-state index in [1.165, 1.54) is 19.3 Å². The Morgan fingerprint density at radius 2 is 2.00 bits per heavy atom. The summed E-state index contributed by atoms with van der Waals surface area (Å²) in [6.45, 7) is 0.732. The van der Waals surface area contributed by atoms with Crippen LogP contribution in [0.25, 0.3) is 0 Å². The summed E-state index contributed by atoms with van der Waals surface area (Å²) in [4.78, 5) is 14.8. The standard InChI is InChI=1S/C15H18Br2ClNO/c16-8-9-19(12-4-2-1-3-5-12)15(20)13-7-6-11(17)10-14(13)18/h6-7,10,12H,1-5,8-9H2. The Bertz CT molecular complexity index is 475. The molecule has 0 atom stereocenters. The van der Waals surface area contributed by atoms with Crippen molar-refractivity contribution in [3.63, 3.8) is 0 Å². The first-order chi connectivity index (χ1) is 9.63. The number of carbonyl (C=O) groups is 1. The lowest BCUT2D eigenvalue weighted by molar-refractivity contribution is 0.0651. The van der Waals surface area contributed by atoms with E-state index in [2.05, 4.69) is 31.9 Å². The minimum Gasteiger partial charge on any atom is -0.335 e. The van der Waals surface area contributed by atoms with Crippen LogP contribution in [0.2, 0.25) is 5.02 Å². The van der Waals surface area contributed by atoms with Gasteiger partial charge in [0.25, 0.3) is 5.91 Å². The molecular formula is C15H18Br2ClNO. The molecule has 2 rings (SSSR count). The summed E-state index contributed by atoms with van der Waals surface area (Å²) in [6, 6.07) is 5.81. The zero-order valence-corrected chi connectivity index (χ0v) is 15.2. The Labute approximate surface area is 142 Å². The van der Waals surface area contributed by atoms with Crippen LogP contribution in [0.5, 0.6) is 0 Å². The third-order valence-corrected chi connectivity index (χ3v) is 4.92. The first-order valence-electron chi connectivity index (χ1n) is 6.95. The molecule has 0 spiro atoms. The molecule has 0 heterocycles. The molecule has 1 aliphatic carbocycles. The topological polar surface area (TPSA) is 20.3 Å².